The Hall–Kier alpha value is -1.62. The van der Waals surface area contributed by atoms with Gasteiger partial charge in [0.05, 0.1) is 11.4 Å². The van der Waals surface area contributed by atoms with E-state index in [9.17, 15) is 0 Å². The normalized spacial score (nSPS) is 12.9. The van der Waals surface area contributed by atoms with Gasteiger partial charge in [-0.15, -0.1) is 0 Å². The van der Waals surface area contributed by atoms with E-state index >= 15 is 0 Å². The Kier molecular flexibility index (Phi) is 2.82. The van der Waals surface area contributed by atoms with Gasteiger partial charge in [-0.25, -0.2) is 0 Å². The van der Waals surface area contributed by atoms with Crippen LogP contribution in [0.2, 0.25) is 0 Å². The summed E-state index contributed by atoms with van der Waals surface area (Å²) in [6.07, 6.45) is 3.56. The van der Waals surface area contributed by atoms with Gasteiger partial charge in [0.2, 0.25) is 0 Å². The van der Waals surface area contributed by atoms with E-state index in [1.807, 2.05) is 23.9 Å². The number of rotatable bonds is 4. The second kappa shape index (κ2) is 4.27. The van der Waals surface area contributed by atoms with Crippen molar-refractivity contribution >= 4 is 0 Å². The summed E-state index contributed by atoms with van der Waals surface area (Å²) in [5.74, 6) is 0. The number of aromatic amines is 1. The van der Waals surface area contributed by atoms with E-state index in [4.69, 9.17) is 0 Å². The minimum atomic E-state index is 0.266. The fraction of sp³-hybridized carbons (Fsp3) is 0.400. The van der Waals surface area contributed by atoms with Crippen LogP contribution in [0.1, 0.15) is 24.4 Å². The van der Waals surface area contributed by atoms with Gasteiger partial charge in [0, 0.05) is 32.0 Å². The van der Waals surface area contributed by atoms with Gasteiger partial charge in [-0.3, -0.25) is 9.78 Å². The molecule has 0 bridgehead atoms. The van der Waals surface area contributed by atoms with Crippen LogP contribution in [0.25, 0.3) is 0 Å². The molecule has 0 aliphatic rings. The Morgan fingerprint density at radius 1 is 1.47 bits per heavy atom. The maximum Gasteiger partial charge on any atom is 0.0518 e. The van der Waals surface area contributed by atoms with Crippen LogP contribution in [0, 0.1) is 0 Å². The van der Waals surface area contributed by atoms with Crippen molar-refractivity contribution in [2.75, 3.05) is 0 Å². The molecule has 0 saturated heterocycles. The van der Waals surface area contributed by atoms with E-state index < -0.39 is 0 Å². The Bertz CT molecular complexity index is 403. The first-order valence-corrected chi connectivity index (χ1v) is 4.97. The highest BCUT2D eigenvalue weighted by Gasteiger charge is 2.06. The molecule has 2 N–H and O–H groups in total. The molecule has 0 radical (unpaired) electrons. The van der Waals surface area contributed by atoms with E-state index in [0.717, 1.165) is 12.2 Å². The fourth-order valence-electron chi connectivity index (χ4n) is 1.45. The van der Waals surface area contributed by atoms with Crippen LogP contribution < -0.4 is 5.32 Å². The third-order valence-corrected chi connectivity index (χ3v) is 2.50. The molecule has 5 nitrogen and oxygen atoms in total. The number of aromatic nitrogens is 4. The second-order valence-electron chi connectivity index (χ2n) is 3.56. The molecule has 2 heterocycles. The summed E-state index contributed by atoms with van der Waals surface area (Å²) in [6, 6.07) is 4.25. The lowest BCUT2D eigenvalue weighted by molar-refractivity contribution is 0.537. The van der Waals surface area contributed by atoms with Gasteiger partial charge in [-0.2, -0.15) is 10.2 Å². The molecule has 2 aromatic rings. The van der Waals surface area contributed by atoms with Crippen molar-refractivity contribution in [3.8, 4) is 0 Å². The summed E-state index contributed by atoms with van der Waals surface area (Å²) in [6.45, 7) is 2.90. The first kappa shape index (κ1) is 9.92. The predicted molar refractivity (Wildman–Crippen MR) is 57.1 cm³/mol. The van der Waals surface area contributed by atoms with Crippen molar-refractivity contribution in [1.29, 1.82) is 0 Å². The maximum absolute atomic E-state index is 4.11. The highest BCUT2D eigenvalue weighted by atomic mass is 15.3. The number of H-pyrrole nitrogens is 1. The molecular weight excluding hydrogens is 190 g/mol. The molecule has 0 spiro atoms. The minimum Gasteiger partial charge on any atom is -0.303 e. The molecule has 0 amide bonds. The topological polar surface area (TPSA) is 58.5 Å². The first-order chi connectivity index (χ1) is 7.27. The van der Waals surface area contributed by atoms with Gasteiger partial charge in [0.15, 0.2) is 0 Å². The Balaban J connectivity index is 1.91. The largest absolute Gasteiger partial charge is 0.303 e. The molecule has 0 aliphatic carbocycles. The molecule has 1 unspecified atom stereocenters. The summed E-state index contributed by atoms with van der Waals surface area (Å²) in [5, 5.41) is 14.4. The van der Waals surface area contributed by atoms with E-state index in [0.29, 0.717) is 0 Å². The van der Waals surface area contributed by atoms with Crippen molar-refractivity contribution in [2.24, 2.45) is 7.05 Å². The predicted octanol–water partition coefficient (Wildman–Crippen LogP) is 0.994. The molecule has 15 heavy (non-hydrogen) atoms. The highest BCUT2D eigenvalue weighted by molar-refractivity contribution is 5.05. The zero-order valence-corrected chi connectivity index (χ0v) is 8.94. The van der Waals surface area contributed by atoms with Crippen molar-refractivity contribution in [3.63, 3.8) is 0 Å². The third-order valence-electron chi connectivity index (χ3n) is 2.50. The molecule has 2 rings (SSSR count). The lowest BCUT2D eigenvalue weighted by Gasteiger charge is -2.11. The van der Waals surface area contributed by atoms with Crippen molar-refractivity contribution in [1.82, 2.24) is 25.3 Å². The number of hydrogen-bond acceptors (Lipinski definition) is 3. The summed E-state index contributed by atoms with van der Waals surface area (Å²) < 4.78 is 1.87. The summed E-state index contributed by atoms with van der Waals surface area (Å²) >= 11 is 0. The molecule has 1 atom stereocenters. The van der Waals surface area contributed by atoms with Crippen LogP contribution in [-0.4, -0.2) is 20.0 Å². The monoisotopic (exact) mass is 205 g/mol. The van der Waals surface area contributed by atoms with Gasteiger partial charge in [0.25, 0.3) is 0 Å². The number of aryl methyl sites for hydroxylation is 1. The molecule has 80 valence electrons. The summed E-state index contributed by atoms with van der Waals surface area (Å²) in [5.41, 5.74) is 2.26. The number of nitrogens with one attached hydrogen (secondary N) is 2. The van der Waals surface area contributed by atoms with Crippen molar-refractivity contribution < 1.29 is 0 Å². The zero-order valence-electron chi connectivity index (χ0n) is 8.94. The average molecular weight is 205 g/mol. The molecular formula is C10H15N5. The summed E-state index contributed by atoms with van der Waals surface area (Å²) in [7, 11) is 1.94. The van der Waals surface area contributed by atoms with Crippen LogP contribution in [0.5, 0.6) is 0 Å². The summed E-state index contributed by atoms with van der Waals surface area (Å²) in [4.78, 5) is 0. The second-order valence-corrected chi connectivity index (χ2v) is 3.56. The van der Waals surface area contributed by atoms with Crippen LogP contribution in [0.15, 0.2) is 24.5 Å². The van der Waals surface area contributed by atoms with Gasteiger partial charge in [-0.05, 0) is 19.1 Å². The smallest absolute Gasteiger partial charge is 0.0518 e. The number of hydrogen-bond donors (Lipinski definition) is 2. The molecule has 5 heteroatoms. The molecule has 0 aliphatic heterocycles. The molecule has 0 fully saturated rings. The maximum atomic E-state index is 4.11. The lowest BCUT2D eigenvalue weighted by atomic mass is 10.2. The van der Waals surface area contributed by atoms with Crippen molar-refractivity contribution in [3.05, 3.63) is 35.9 Å². The quantitative estimate of drug-likeness (QED) is 0.782. The molecule has 0 saturated carbocycles. The first-order valence-electron chi connectivity index (χ1n) is 4.97. The minimum absolute atomic E-state index is 0.266. The standard InChI is InChI=1S/C10H15N5/c1-8(10-4-5-12-14-10)11-7-9-3-6-13-15(9)2/h3-6,8,11H,7H2,1-2H3,(H,12,14). The fourth-order valence-corrected chi connectivity index (χ4v) is 1.45. The Morgan fingerprint density at radius 3 is 2.93 bits per heavy atom. The SMILES string of the molecule is CC(NCc1ccnn1C)c1ccn[nH]1. The third kappa shape index (κ3) is 2.24. The number of nitrogens with zero attached hydrogens (tertiary/aromatic N) is 3. The van der Waals surface area contributed by atoms with Gasteiger partial charge in [0.1, 0.15) is 0 Å². The van der Waals surface area contributed by atoms with E-state index in [1.54, 1.807) is 12.4 Å². The van der Waals surface area contributed by atoms with Crippen molar-refractivity contribution in [2.45, 2.75) is 19.5 Å². The van der Waals surface area contributed by atoms with E-state index in [1.165, 1.54) is 5.69 Å². The van der Waals surface area contributed by atoms with Crippen LogP contribution in [-0.2, 0) is 13.6 Å². The van der Waals surface area contributed by atoms with Crippen LogP contribution in [0.3, 0.4) is 0 Å². The van der Waals surface area contributed by atoms with Crippen LogP contribution in [0.4, 0.5) is 0 Å². The zero-order chi connectivity index (χ0) is 10.7. The van der Waals surface area contributed by atoms with E-state index in [2.05, 4.69) is 27.5 Å². The van der Waals surface area contributed by atoms with Gasteiger partial charge >= 0.3 is 0 Å². The molecule has 2 aromatic heterocycles. The van der Waals surface area contributed by atoms with Gasteiger partial charge < -0.3 is 5.32 Å². The van der Waals surface area contributed by atoms with E-state index in [-0.39, 0.29) is 6.04 Å². The van der Waals surface area contributed by atoms with Crippen LogP contribution >= 0.6 is 0 Å². The average Bonchev–Trinajstić information content (AvgIpc) is 2.85. The lowest BCUT2D eigenvalue weighted by Crippen LogP contribution is -2.20. The van der Waals surface area contributed by atoms with Gasteiger partial charge in [-0.1, -0.05) is 0 Å². The Labute approximate surface area is 88.5 Å². The highest BCUT2D eigenvalue weighted by Crippen LogP contribution is 2.08. The molecule has 0 aromatic carbocycles. The Morgan fingerprint density at radius 2 is 2.33 bits per heavy atom.